The molecule has 1 unspecified atom stereocenters. The zero-order valence-corrected chi connectivity index (χ0v) is 16.1. The lowest BCUT2D eigenvalue weighted by Crippen LogP contribution is -2.46. The Hall–Kier alpha value is -2.77. The second-order valence-electron chi connectivity index (χ2n) is 7.55. The van der Waals surface area contributed by atoms with Crippen molar-refractivity contribution < 1.29 is 19.5 Å². The first kappa shape index (κ1) is 20.0. The number of nitrogens with one attached hydrogen (secondary N) is 3. The number of carbonyl (C=O) groups excluding carboxylic acids is 2. The third-order valence-corrected chi connectivity index (χ3v) is 5.54. The number of carboxylic acids is 1. The van der Waals surface area contributed by atoms with Crippen LogP contribution in [-0.2, 0) is 4.79 Å². The maximum atomic E-state index is 12.3. The summed E-state index contributed by atoms with van der Waals surface area (Å²) in [6.45, 7) is 3.32. The van der Waals surface area contributed by atoms with Gasteiger partial charge in [0.25, 0.3) is 0 Å². The average Bonchev–Trinajstić information content (AvgIpc) is 2.69. The van der Waals surface area contributed by atoms with Crippen molar-refractivity contribution in [1.29, 1.82) is 0 Å². The van der Waals surface area contributed by atoms with Gasteiger partial charge < -0.3 is 21.1 Å². The van der Waals surface area contributed by atoms with Crippen molar-refractivity contribution in [2.45, 2.75) is 51.1 Å². The van der Waals surface area contributed by atoms with E-state index in [9.17, 15) is 14.4 Å². The van der Waals surface area contributed by atoms with Crippen LogP contribution in [0.25, 0.3) is 0 Å². The number of hydrogen-bond donors (Lipinski definition) is 4. The van der Waals surface area contributed by atoms with Crippen LogP contribution in [0, 0.1) is 5.92 Å². The molecule has 1 heterocycles. The number of benzene rings is 1. The van der Waals surface area contributed by atoms with E-state index < -0.39 is 5.97 Å². The molecule has 8 nitrogen and oxygen atoms in total. The Morgan fingerprint density at radius 3 is 2.46 bits per heavy atom. The zero-order chi connectivity index (χ0) is 20.1. The fourth-order valence-corrected chi connectivity index (χ4v) is 3.81. The Morgan fingerprint density at radius 1 is 1.18 bits per heavy atom. The van der Waals surface area contributed by atoms with Crippen molar-refractivity contribution in [2.24, 2.45) is 5.92 Å². The van der Waals surface area contributed by atoms with Gasteiger partial charge in [-0.05, 0) is 56.7 Å². The van der Waals surface area contributed by atoms with E-state index in [0.717, 1.165) is 17.7 Å². The van der Waals surface area contributed by atoms with E-state index in [0.29, 0.717) is 38.8 Å². The molecule has 152 valence electrons. The summed E-state index contributed by atoms with van der Waals surface area (Å²) in [7, 11) is 0. The summed E-state index contributed by atoms with van der Waals surface area (Å²) in [5, 5.41) is 17.7. The summed E-state index contributed by atoms with van der Waals surface area (Å²) in [6.07, 6.45) is 3.49. The molecular weight excluding hydrogens is 360 g/mol. The first-order chi connectivity index (χ1) is 13.4. The van der Waals surface area contributed by atoms with Gasteiger partial charge in [0.15, 0.2) is 0 Å². The minimum Gasteiger partial charge on any atom is -0.481 e. The number of rotatable bonds is 5. The number of anilines is 1. The molecule has 1 aromatic rings. The first-order valence-corrected chi connectivity index (χ1v) is 9.89. The number of urea groups is 2. The summed E-state index contributed by atoms with van der Waals surface area (Å²) in [5.74, 6) is -1.04. The summed E-state index contributed by atoms with van der Waals surface area (Å²) < 4.78 is 0. The van der Waals surface area contributed by atoms with Gasteiger partial charge in [0.2, 0.25) is 0 Å². The molecule has 0 radical (unpaired) electrons. The van der Waals surface area contributed by atoms with Crippen LogP contribution in [-0.4, -0.2) is 42.3 Å². The Balaban J connectivity index is 1.49. The van der Waals surface area contributed by atoms with Crippen molar-refractivity contribution in [1.82, 2.24) is 16.0 Å². The lowest BCUT2D eigenvalue weighted by Gasteiger charge is -2.28. The van der Waals surface area contributed by atoms with Gasteiger partial charge in [0.1, 0.15) is 0 Å². The van der Waals surface area contributed by atoms with Gasteiger partial charge in [-0.25, -0.2) is 9.59 Å². The smallest absolute Gasteiger partial charge is 0.321 e. The van der Waals surface area contributed by atoms with Crippen molar-refractivity contribution in [2.75, 3.05) is 18.0 Å². The first-order valence-electron chi connectivity index (χ1n) is 9.89. The lowest BCUT2D eigenvalue weighted by molar-refractivity contribution is -0.142. The van der Waals surface area contributed by atoms with Gasteiger partial charge in [-0.2, -0.15) is 0 Å². The maximum absolute atomic E-state index is 12.3. The molecule has 1 saturated heterocycles. The largest absolute Gasteiger partial charge is 0.481 e. The molecule has 1 aliphatic carbocycles. The Kier molecular flexibility index (Phi) is 6.38. The van der Waals surface area contributed by atoms with E-state index in [1.54, 1.807) is 4.90 Å². The molecular formula is C20H28N4O4. The molecule has 0 bridgehead atoms. The molecule has 0 aromatic heterocycles. The highest BCUT2D eigenvalue weighted by molar-refractivity contribution is 5.92. The van der Waals surface area contributed by atoms with Crippen LogP contribution in [0.5, 0.6) is 0 Å². The van der Waals surface area contributed by atoms with Crippen LogP contribution in [0.2, 0.25) is 0 Å². The van der Waals surface area contributed by atoms with E-state index in [-0.39, 0.29) is 30.1 Å². The predicted octanol–water partition coefficient (Wildman–Crippen LogP) is 2.61. The molecule has 28 heavy (non-hydrogen) atoms. The normalized spacial score (nSPS) is 23.5. The monoisotopic (exact) mass is 388 g/mol. The number of aliphatic carboxylic acids is 1. The molecule has 1 aliphatic heterocycles. The summed E-state index contributed by atoms with van der Waals surface area (Å²) in [6, 6.07) is 7.13. The minimum absolute atomic E-state index is 0.0165. The number of hydrogen-bond acceptors (Lipinski definition) is 3. The second kappa shape index (κ2) is 8.95. The van der Waals surface area contributed by atoms with Crippen LogP contribution in [0.3, 0.4) is 0 Å². The van der Waals surface area contributed by atoms with E-state index in [4.69, 9.17) is 5.11 Å². The van der Waals surface area contributed by atoms with E-state index in [1.165, 1.54) is 0 Å². The van der Waals surface area contributed by atoms with Crippen molar-refractivity contribution in [3.05, 3.63) is 29.8 Å². The standard InChI is InChI=1S/C20H28N4O4/c1-13(22-19(27)23-16-7-3-15(4-8-16)18(25)26)14-5-9-17(10-6-14)24-12-2-11-21-20(24)28/h5-6,9-10,13,15-16H,2-4,7-8,11-12H2,1H3,(H,21,28)(H,25,26)(H2,22,23,27). The van der Waals surface area contributed by atoms with Crippen LogP contribution in [0.15, 0.2) is 24.3 Å². The topological polar surface area (TPSA) is 111 Å². The zero-order valence-electron chi connectivity index (χ0n) is 16.1. The Morgan fingerprint density at radius 2 is 1.86 bits per heavy atom. The number of carbonyl (C=O) groups is 3. The number of amides is 4. The van der Waals surface area contributed by atoms with Crippen molar-refractivity contribution in [3.8, 4) is 0 Å². The highest BCUT2D eigenvalue weighted by Gasteiger charge is 2.27. The number of carboxylic acid groups (broad SMARTS) is 1. The fourth-order valence-electron chi connectivity index (χ4n) is 3.81. The van der Waals surface area contributed by atoms with Crippen LogP contribution >= 0.6 is 0 Å². The minimum atomic E-state index is -0.748. The van der Waals surface area contributed by atoms with Crippen molar-refractivity contribution in [3.63, 3.8) is 0 Å². The van der Waals surface area contributed by atoms with Crippen LogP contribution in [0.4, 0.5) is 15.3 Å². The Bertz CT molecular complexity index is 713. The quantitative estimate of drug-likeness (QED) is 0.621. The van der Waals surface area contributed by atoms with Crippen LogP contribution < -0.4 is 20.9 Å². The van der Waals surface area contributed by atoms with Gasteiger partial charge >= 0.3 is 18.0 Å². The van der Waals surface area contributed by atoms with Gasteiger partial charge in [0, 0.05) is 24.8 Å². The van der Waals surface area contributed by atoms with Gasteiger partial charge in [0.05, 0.1) is 12.0 Å². The molecule has 3 rings (SSSR count). The van der Waals surface area contributed by atoms with Crippen LogP contribution in [0.1, 0.15) is 50.6 Å². The third-order valence-electron chi connectivity index (χ3n) is 5.54. The molecule has 1 aromatic carbocycles. The maximum Gasteiger partial charge on any atom is 0.321 e. The molecule has 1 atom stereocenters. The summed E-state index contributed by atoms with van der Waals surface area (Å²) in [4.78, 5) is 36.9. The molecule has 0 spiro atoms. The average molecular weight is 388 g/mol. The van der Waals surface area contributed by atoms with E-state index >= 15 is 0 Å². The third kappa shape index (κ3) is 4.94. The SMILES string of the molecule is CC(NC(=O)NC1CCC(C(=O)O)CC1)c1ccc(N2CCCNC2=O)cc1. The molecule has 2 aliphatic rings. The van der Waals surface area contributed by atoms with E-state index in [1.807, 2.05) is 31.2 Å². The van der Waals surface area contributed by atoms with Crippen molar-refractivity contribution >= 4 is 23.7 Å². The molecule has 4 amide bonds. The highest BCUT2D eigenvalue weighted by Crippen LogP contribution is 2.25. The summed E-state index contributed by atoms with van der Waals surface area (Å²) in [5.41, 5.74) is 1.79. The highest BCUT2D eigenvalue weighted by atomic mass is 16.4. The molecule has 2 fully saturated rings. The van der Waals surface area contributed by atoms with Gasteiger partial charge in [-0.3, -0.25) is 9.69 Å². The molecule has 1 saturated carbocycles. The van der Waals surface area contributed by atoms with Gasteiger partial charge in [-0.1, -0.05) is 12.1 Å². The number of nitrogens with zero attached hydrogens (tertiary/aromatic N) is 1. The predicted molar refractivity (Wildman–Crippen MR) is 105 cm³/mol. The molecule has 4 N–H and O–H groups in total. The van der Waals surface area contributed by atoms with E-state index in [2.05, 4.69) is 16.0 Å². The summed E-state index contributed by atoms with van der Waals surface area (Å²) >= 11 is 0. The fraction of sp³-hybridized carbons (Fsp3) is 0.550. The van der Waals surface area contributed by atoms with Gasteiger partial charge in [-0.15, -0.1) is 0 Å². The Labute approximate surface area is 164 Å². The lowest BCUT2D eigenvalue weighted by atomic mass is 9.86. The molecule has 8 heteroatoms. The second-order valence-corrected chi connectivity index (χ2v) is 7.55.